The number of fused-ring (bicyclic) bond motifs is 3. The van der Waals surface area contributed by atoms with Crippen LogP contribution < -0.4 is 26.8 Å². The number of likely N-dealkylation sites (N-methyl/N-ethyl adjacent to an activating group) is 1. The number of carbonyl (C=O) groups excluding carboxylic acids is 4. The molecule has 8 aliphatic rings. The smallest absolute Gasteiger partial charge is 0.299 e. The Morgan fingerprint density at radius 3 is 2.49 bits per heavy atom. The lowest BCUT2D eigenvalue weighted by Crippen LogP contribution is -2.54. The maximum absolute atomic E-state index is 13.2. The molecule has 19 nitrogen and oxygen atoms in total. The maximum Gasteiger partial charge on any atom is 0.299 e. The highest BCUT2D eigenvalue weighted by molar-refractivity contribution is 7.22. The number of imide groups is 2. The van der Waals surface area contributed by atoms with Gasteiger partial charge in [0.15, 0.2) is 0 Å². The van der Waals surface area contributed by atoms with E-state index in [1.54, 1.807) is 24.3 Å². The summed E-state index contributed by atoms with van der Waals surface area (Å²) in [6.07, 6.45) is 15.9. The molecule has 2 saturated heterocycles. The first kappa shape index (κ1) is 56.1. The molecule has 3 aromatic rings. The number of thiazole rings is 1. The number of aliphatic imine (C=N–C) groups is 2. The number of aliphatic hydroxyl groups is 2. The molecular formula is C60H75N11O8S. The first-order valence-electron chi connectivity index (χ1n) is 28.1. The zero-order valence-electron chi connectivity index (χ0n) is 46.5. The second-order valence-corrected chi connectivity index (χ2v) is 24.8. The van der Waals surface area contributed by atoms with Crippen molar-refractivity contribution in [1.29, 1.82) is 5.41 Å². The molecule has 80 heavy (non-hydrogen) atoms. The molecule has 4 saturated carbocycles. The van der Waals surface area contributed by atoms with Crippen LogP contribution in [0.25, 0.3) is 10.2 Å². The number of piperidine rings is 2. The average molecular weight is 1110 g/mol. The van der Waals surface area contributed by atoms with E-state index in [0.717, 1.165) is 91.6 Å². The van der Waals surface area contributed by atoms with Crippen molar-refractivity contribution in [1.82, 2.24) is 30.3 Å². The van der Waals surface area contributed by atoms with E-state index < -0.39 is 35.6 Å². The van der Waals surface area contributed by atoms with Crippen LogP contribution in [0.3, 0.4) is 0 Å². The third kappa shape index (κ3) is 11.6. The fraction of sp³-hybridized carbons (Fsp3) is 0.500. The first-order chi connectivity index (χ1) is 38.2. The molecular weight excluding hydrogens is 1030 g/mol. The van der Waals surface area contributed by atoms with Gasteiger partial charge in [0.05, 0.1) is 40.2 Å². The number of nitrogens with zero attached hydrogens (tertiary/aromatic N) is 6. The van der Waals surface area contributed by atoms with Gasteiger partial charge in [-0.2, -0.15) is 0 Å². The third-order valence-electron chi connectivity index (χ3n) is 17.5. The monoisotopic (exact) mass is 1110 g/mol. The van der Waals surface area contributed by atoms with Crippen molar-refractivity contribution >= 4 is 67.7 Å². The molecule has 4 aliphatic carbocycles. The van der Waals surface area contributed by atoms with Crippen LogP contribution in [0, 0.1) is 28.1 Å². The van der Waals surface area contributed by atoms with Gasteiger partial charge in [-0.05, 0) is 175 Å². The molecule has 0 spiro atoms. The number of nitrogens with one attached hydrogen (secondary N) is 3. The standard InChI is InChI=1S/C60H75N11O8S/c1-35(51(62)68-57-65-45-13-7-8-14-47(45)80-57)40-12-11-22-70(52(40)63)48-19-17-41(50(66-48)56(76)77)44(30-61)36(2)64-31-38-28-59(4)32-58(3)27-37(38)29-60(33-58,34-59)79-25-23-69(5)21-9-6-10-24-78-39-15-16-42-43(26-39)55(75)71(54(42)74)46-18-20-49(72)67-53(46)73/h7-8,13-17,19,26,30,37-38,46,63,66,76-77H,6,9-12,18,20-25,27-29,31-34,61H2,1-5H3,(H2,62,65,68)(H,67,72,73)/b40-35-,44-30+,63-52?,64-36?. The van der Waals surface area contributed by atoms with E-state index in [2.05, 4.69) is 46.4 Å². The number of amidine groups is 2. The molecule has 0 radical (unpaired) electrons. The second-order valence-electron chi connectivity index (χ2n) is 23.8. The lowest BCUT2D eigenvalue weighted by molar-refractivity contribution is -0.165. The van der Waals surface area contributed by atoms with E-state index >= 15 is 0 Å². The summed E-state index contributed by atoms with van der Waals surface area (Å²) >= 11 is 1.46. The Bertz CT molecular complexity index is 3210. The van der Waals surface area contributed by atoms with Gasteiger partial charge < -0.3 is 46.3 Å². The minimum absolute atomic E-state index is 0.0678. The fourth-order valence-electron chi connectivity index (χ4n) is 14.3. The zero-order chi connectivity index (χ0) is 56.7. The molecule has 1 aromatic heterocycles. The number of carbonyl (C=O) groups is 4. The SMILES string of the molecule is CC(=NCC1CC2(C)CC3(C)CC1CC(OCCN(C)CCCCCOc1ccc4c(c1)C(=O)N(C1CCC(=O)NC1=O)C4=O)(C2)C3)/C(=C\N)C1=CC=C(N2CCC/C(=C(C)/C(N)=N\c3nc4ccccc4s3)C2=N)NC1=C(O)O. The summed E-state index contributed by atoms with van der Waals surface area (Å²) in [4.78, 5) is 69.9. The fourth-order valence-corrected chi connectivity index (χ4v) is 15.1. The normalized spacial score (nSPS) is 27.8. The molecule has 424 valence electrons. The van der Waals surface area contributed by atoms with Crippen LogP contribution in [0.15, 0.2) is 111 Å². The van der Waals surface area contributed by atoms with E-state index in [1.165, 1.54) is 24.0 Å². The van der Waals surface area contributed by atoms with Gasteiger partial charge in [0.2, 0.25) is 16.9 Å². The predicted octanol–water partition coefficient (Wildman–Crippen LogP) is 8.60. The zero-order valence-corrected chi connectivity index (χ0v) is 47.3. The molecule has 6 atom stereocenters. The van der Waals surface area contributed by atoms with Gasteiger partial charge in [0, 0.05) is 54.7 Å². The van der Waals surface area contributed by atoms with E-state index in [1.807, 2.05) is 49.1 Å². The van der Waals surface area contributed by atoms with Crippen LogP contribution in [0.4, 0.5) is 5.13 Å². The minimum Gasteiger partial charge on any atom is -0.494 e. The van der Waals surface area contributed by atoms with Crippen LogP contribution >= 0.6 is 11.3 Å². The van der Waals surface area contributed by atoms with Crippen molar-refractivity contribution < 1.29 is 38.9 Å². The summed E-state index contributed by atoms with van der Waals surface area (Å²) in [5.74, 6) is -0.691. The summed E-state index contributed by atoms with van der Waals surface area (Å²) in [6, 6.07) is 11.6. The van der Waals surface area contributed by atoms with Gasteiger partial charge in [0.1, 0.15) is 35.0 Å². The quantitative estimate of drug-likeness (QED) is 0.0195. The molecule has 9 N–H and O–H groups in total. The predicted molar refractivity (Wildman–Crippen MR) is 309 cm³/mol. The highest BCUT2D eigenvalue weighted by Gasteiger charge is 2.60. The Labute approximate surface area is 471 Å². The Kier molecular flexibility index (Phi) is 16.0. The number of dihydropyridines is 1. The van der Waals surface area contributed by atoms with Gasteiger partial charge in [-0.25, -0.2) is 9.98 Å². The number of hydrogen-bond acceptors (Lipinski definition) is 16. The Morgan fingerprint density at radius 1 is 0.950 bits per heavy atom. The number of hydrogen-bond donors (Lipinski definition) is 7. The largest absolute Gasteiger partial charge is 0.494 e. The van der Waals surface area contributed by atoms with Crippen molar-refractivity contribution in [3.05, 3.63) is 112 Å². The highest BCUT2D eigenvalue weighted by Crippen LogP contribution is 2.66. The van der Waals surface area contributed by atoms with E-state index in [-0.39, 0.29) is 51.9 Å². The van der Waals surface area contributed by atoms with Crippen molar-refractivity contribution in [3.8, 4) is 5.75 Å². The van der Waals surface area contributed by atoms with Crippen LogP contribution in [0.2, 0.25) is 0 Å². The van der Waals surface area contributed by atoms with Crippen LogP contribution in [0.5, 0.6) is 5.75 Å². The number of amides is 4. The number of aliphatic hydroxyl groups excluding tert-OH is 1. The number of likely N-dealkylation sites (tertiary alicyclic amines) is 1. The first-order valence-corrected chi connectivity index (χ1v) is 28.9. The van der Waals surface area contributed by atoms with Gasteiger partial charge in [-0.15, -0.1) is 0 Å². The molecule has 5 heterocycles. The summed E-state index contributed by atoms with van der Waals surface area (Å²) in [5.41, 5.74) is 17.6. The van der Waals surface area contributed by atoms with Crippen molar-refractivity contribution in [2.24, 2.45) is 44.1 Å². The molecule has 6 fully saturated rings. The number of unbranched alkanes of at least 4 members (excludes halogenated alkanes) is 2. The van der Waals surface area contributed by atoms with E-state index in [0.29, 0.717) is 89.5 Å². The summed E-state index contributed by atoms with van der Waals surface area (Å²) in [7, 11) is 2.14. The number of para-hydroxylation sites is 1. The summed E-state index contributed by atoms with van der Waals surface area (Å²) in [6.45, 7) is 12.7. The lowest BCUT2D eigenvalue weighted by Gasteiger charge is -2.56. The number of benzene rings is 2. The summed E-state index contributed by atoms with van der Waals surface area (Å²) < 4.78 is 14.1. The highest BCUT2D eigenvalue weighted by atomic mass is 32.1. The molecule has 4 bridgehead atoms. The number of nitrogens with two attached hydrogens (primary N) is 2. The third-order valence-corrected chi connectivity index (χ3v) is 18.4. The number of rotatable bonds is 19. The molecule has 2 aromatic carbocycles. The molecule has 4 amide bonds. The molecule has 11 rings (SSSR count). The topological polar surface area (TPSA) is 274 Å². The maximum atomic E-state index is 13.2. The van der Waals surface area contributed by atoms with E-state index in [4.69, 9.17) is 25.9 Å². The number of allylic oxidation sites excluding steroid dienone is 3. The Morgan fingerprint density at radius 2 is 1.73 bits per heavy atom. The molecule has 6 unspecified atom stereocenters. The van der Waals surface area contributed by atoms with Gasteiger partial charge in [-0.3, -0.25) is 39.8 Å². The van der Waals surface area contributed by atoms with E-state index in [9.17, 15) is 34.8 Å². The van der Waals surface area contributed by atoms with Crippen molar-refractivity contribution in [2.75, 3.05) is 46.4 Å². The second kappa shape index (κ2) is 22.8. The minimum atomic E-state index is -1.01. The lowest BCUT2D eigenvalue weighted by atomic mass is 9.53. The molecule has 20 heteroatoms. The number of ether oxygens (including phenoxy) is 2. The van der Waals surface area contributed by atoms with Crippen LogP contribution in [0.1, 0.15) is 132 Å². The van der Waals surface area contributed by atoms with Crippen LogP contribution in [-0.4, -0.2) is 129 Å². The van der Waals surface area contributed by atoms with Crippen molar-refractivity contribution in [2.45, 2.75) is 123 Å². The summed E-state index contributed by atoms with van der Waals surface area (Å²) in [5, 5.41) is 36.7. The molecule has 4 aliphatic heterocycles. The van der Waals surface area contributed by atoms with Gasteiger partial charge in [-0.1, -0.05) is 37.3 Å². The average Bonchev–Trinajstić information content (AvgIpc) is 3.95. The van der Waals surface area contributed by atoms with Gasteiger partial charge >= 0.3 is 0 Å². The Hall–Kier alpha value is -7.16. The van der Waals surface area contributed by atoms with Crippen molar-refractivity contribution in [3.63, 3.8) is 0 Å². The van der Waals surface area contributed by atoms with Crippen LogP contribution in [-0.2, 0) is 14.3 Å². The van der Waals surface area contributed by atoms with Gasteiger partial charge in [0.25, 0.3) is 17.8 Å². The number of aromatic nitrogens is 1. The Balaban J connectivity index is 0.710.